The summed E-state index contributed by atoms with van der Waals surface area (Å²) in [6, 6.07) is 9.36. The molecule has 3 aliphatic rings. The normalized spacial score (nSPS) is 32.7. The Labute approximate surface area is 308 Å². The predicted octanol–water partition coefficient (Wildman–Crippen LogP) is 6.59. The number of rotatable bonds is 14. The molecule has 7 heteroatoms. The van der Waals surface area contributed by atoms with E-state index in [9.17, 15) is 20.1 Å². The van der Waals surface area contributed by atoms with Crippen LogP contribution in [0.1, 0.15) is 90.2 Å². The van der Waals surface area contributed by atoms with E-state index in [0.717, 1.165) is 48.8 Å². The first kappa shape index (κ1) is 41.1. The summed E-state index contributed by atoms with van der Waals surface area (Å²) in [5.41, 5.74) is 5.82. The SMILES string of the molecule is C=C(/C=C/C=C(/COCC)[C@@H]1CC[C@]2([C@@H]1O)[C@@H](CCCO)/C(=C(/C)C=O)CC[C@]2(O)CCNC)[C@@H]1C/C=C(\C)CN[C@@H](C)Cc2cccc(c2)C1. The number of ether oxygens (including phenoxy) is 1. The van der Waals surface area contributed by atoms with Crippen LogP contribution in [0.15, 0.2) is 83.0 Å². The number of hydrogen-bond acceptors (Lipinski definition) is 7. The van der Waals surface area contributed by atoms with E-state index in [-0.39, 0.29) is 24.4 Å². The fraction of sp³-hybridized carbons (Fsp3) is 0.614. The summed E-state index contributed by atoms with van der Waals surface area (Å²) in [7, 11) is 1.88. The zero-order valence-corrected chi connectivity index (χ0v) is 32.1. The van der Waals surface area contributed by atoms with E-state index in [1.807, 2.05) is 20.9 Å². The van der Waals surface area contributed by atoms with Crippen LogP contribution in [0.3, 0.4) is 0 Å². The zero-order chi connectivity index (χ0) is 37.0. The average molecular weight is 703 g/mol. The number of carbonyl (C=O) groups excluding carboxylic acids is 1. The largest absolute Gasteiger partial charge is 0.396 e. The van der Waals surface area contributed by atoms with Gasteiger partial charge in [-0.1, -0.05) is 71.9 Å². The van der Waals surface area contributed by atoms with Crippen molar-refractivity contribution >= 4 is 6.29 Å². The van der Waals surface area contributed by atoms with Gasteiger partial charge in [0, 0.05) is 37.1 Å². The number of fused-ring (bicyclic) bond motifs is 2. The van der Waals surface area contributed by atoms with E-state index >= 15 is 0 Å². The number of aliphatic hydroxyl groups is 3. The molecule has 0 unspecified atom stereocenters. The highest BCUT2D eigenvalue weighted by Gasteiger charge is 2.65. The quantitative estimate of drug-likeness (QED) is 0.0645. The Morgan fingerprint density at radius 3 is 2.69 bits per heavy atom. The van der Waals surface area contributed by atoms with Crippen molar-refractivity contribution < 1.29 is 24.9 Å². The third kappa shape index (κ3) is 9.87. The highest BCUT2D eigenvalue weighted by molar-refractivity contribution is 5.74. The topological polar surface area (TPSA) is 111 Å². The first-order chi connectivity index (χ1) is 24.5. The molecule has 2 aliphatic carbocycles. The lowest BCUT2D eigenvalue weighted by molar-refractivity contribution is -0.180. The van der Waals surface area contributed by atoms with Crippen molar-refractivity contribution in [1.82, 2.24) is 10.6 Å². The fourth-order valence-electron chi connectivity index (χ4n) is 9.32. The molecule has 51 heavy (non-hydrogen) atoms. The molecule has 0 aromatic heterocycles. The number of hydrogen-bond donors (Lipinski definition) is 5. The number of nitrogens with one attached hydrogen (secondary N) is 2. The Kier molecular flexibility index (Phi) is 15.7. The van der Waals surface area contributed by atoms with Gasteiger partial charge in [0.25, 0.3) is 0 Å². The van der Waals surface area contributed by atoms with Gasteiger partial charge in [-0.2, -0.15) is 0 Å². The summed E-state index contributed by atoms with van der Waals surface area (Å²) in [5.74, 6) is -0.174. The predicted molar refractivity (Wildman–Crippen MR) is 208 cm³/mol. The van der Waals surface area contributed by atoms with Crippen LogP contribution in [-0.4, -0.2) is 79.3 Å². The van der Waals surface area contributed by atoms with Crippen molar-refractivity contribution in [2.45, 2.75) is 110 Å². The maximum atomic E-state index is 12.6. The standard InChI is InChI=1S/C44H66N2O5/c1-7-51-30-38(14-8-11-32(3)37-17-16-31(2)28-46-34(5)25-35-12-9-13-36(26-35)27-37)40-19-21-44(42(40)49)41(15-10-24-47)39(33(4)29-48)18-20-43(44,50)22-23-45-6/h8-9,11-14,16,26,29,34,37,40-42,45-47,49-50H,3,7,10,15,17-25,27-28,30H2,1-2,4-6H3/b11-8+,31-16+,38-14-,39-33-/t34-,37+,40-,41-,42+,43-,44+/m0/s1. The number of benzene rings is 1. The second-order valence-electron chi connectivity index (χ2n) is 15.6. The van der Waals surface area contributed by atoms with Crippen molar-refractivity contribution in [3.8, 4) is 0 Å². The molecule has 2 saturated carbocycles. The lowest BCUT2D eigenvalue weighted by atomic mass is 9.51. The van der Waals surface area contributed by atoms with Gasteiger partial charge in [0.05, 0.1) is 18.3 Å². The fourth-order valence-corrected chi connectivity index (χ4v) is 9.32. The first-order valence-corrected chi connectivity index (χ1v) is 19.4. The average Bonchev–Trinajstić information content (AvgIpc) is 3.46. The second-order valence-corrected chi connectivity index (χ2v) is 15.6. The Balaban J connectivity index is 1.66. The van der Waals surface area contributed by atoms with E-state index in [1.54, 1.807) is 0 Å². The van der Waals surface area contributed by atoms with Gasteiger partial charge in [0.1, 0.15) is 6.29 Å². The molecular weight excluding hydrogens is 636 g/mol. The Morgan fingerprint density at radius 1 is 1.22 bits per heavy atom. The minimum atomic E-state index is -1.12. The molecule has 4 rings (SSSR count). The van der Waals surface area contributed by atoms with Gasteiger partial charge in [-0.15, -0.1) is 0 Å². The molecule has 1 aromatic rings. The summed E-state index contributed by atoms with van der Waals surface area (Å²) in [6.45, 7) is 15.3. The minimum Gasteiger partial charge on any atom is -0.396 e. The molecule has 2 fully saturated rings. The Hall–Kier alpha value is -2.65. The summed E-state index contributed by atoms with van der Waals surface area (Å²) in [4.78, 5) is 12.1. The van der Waals surface area contributed by atoms with E-state index < -0.39 is 17.1 Å². The van der Waals surface area contributed by atoms with Gasteiger partial charge in [0.15, 0.2) is 0 Å². The van der Waals surface area contributed by atoms with Crippen LogP contribution < -0.4 is 10.6 Å². The number of aliphatic hydroxyl groups excluding tert-OH is 2. The van der Waals surface area contributed by atoms with E-state index in [2.05, 4.69) is 79.6 Å². The summed E-state index contributed by atoms with van der Waals surface area (Å²) < 4.78 is 6.00. The van der Waals surface area contributed by atoms with Gasteiger partial charge in [-0.25, -0.2) is 0 Å². The Bertz CT molecular complexity index is 1440. The number of aldehydes is 1. The molecule has 5 N–H and O–H groups in total. The van der Waals surface area contributed by atoms with Crippen molar-refractivity contribution in [1.29, 1.82) is 0 Å². The maximum absolute atomic E-state index is 12.6. The van der Waals surface area contributed by atoms with E-state index in [1.165, 1.54) is 16.7 Å². The van der Waals surface area contributed by atoms with Gasteiger partial charge in [0.2, 0.25) is 0 Å². The van der Waals surface area contributed by atoms with Gasteiger partial charge in [-0.3, -0.25) is 4.79 Å². The summed E-state index contributed by atoms with van der Waals surface area (Å²) >= 11 is 0. The van der Waals surface area contributed by atoms with Crippen LogP contribution in [0.2, 0.25) is 0 Å². The van der Waals surface area contributed by atoms with Crippen molar-refractivity contribution in [3.63, 3.8) is 0 Å². The number of allylic oxidation sites excluding steroid dienone is 7. The highest BCUT2D eigenvalue weighted by Crippen LogP contribution is 2.64. The van der Waals surface area contributed by atoms with E-state index in [0.29, 0.717) is 76.3 Å². The molecule has 282 valence electrons. The Morgan fingerprint density at radius 2 is 1.98 bits per heavy atom. The molecule has 0 radical (unpaired) electrons. The van der Waals surface area contributed by atoms with Gasteiger partial charge in [-0.05, 0) is 140 Å². The van der Waals surface area contributed by atoms with Crippen molar-refractivity contribution in [2.75, 3.05) is 40.0 Å². The van der Waals surface area contributed by atoms with Crippen LogP contribution in [-0.2, 0) is 22.4 Å². The smallest absolute Gasteiger partial charge is 0.145 e. The second kappa shape index (κ2) is 19.4. The van der Waals surface area contributed by atoms with Gasteiger partial charge < -0.3 is 30.7 Å². The summed E-state index contributed by atoms with van der Waals surface area (Å²) in [6.07, 6.45) is 15.6. The minimum absolute atomic E-state index is 0.0243. The van der Waals surface area contributed by atoms with Crippen molar-refractivity contribution in [3.05, 3.63) is 94.1 Å². The van der Waals surface area contributed by atoms with Crippen LogP contribution in [0, 0.1) is 23.2 Å². The molecule has 2 bridgehead atoms. The molecule has 7 atom stereocenters. The van der Waals surface area contributed by atoms with Crippen molar-refractivity contribution in [2.24, 2.45) is 23.2 Å². The molecule has 0 saturated heterocycles. The third-order valence-corrected chi connectivity index (χ3v) is 12.2. The van der Waals surface area contributed by atoms with Crippen LogP contribution in [0.4, 0.5) is 0 Å². The van der Waals surface area contributed by atoms with Gasteiger partial charge >= 0.3 is 0 Å². The molecule has 7 nitrogen and oxygen atoms in total. The molecule has 1 spiro atoms. The van der Waals surface area contributed by atoms with Crippen LogP contribution in [0.5, 0.6) is 0 Å². The third-order valence-electron chi connectivity index (χ3n) is 12.2. The zero-order valence-electron chi connectivity index (χ0n) is 32.1. The summed E-state index contributed by atoms with van der Waals surface area (Å²) in [5, 5.41) is 41.9. The monoisotopic (exact) mass is 702 g/mol. The lowest BCUT2D eigenvalue weighted by Gasteiger charge is -2.57. The van der Waals surface area contributed by atoms with Crippen LogP contribution in [0.25, 0.3) is 0 Å². The molecule has 0 amide bonds. The molecule has 1 aromatic carbocycles. The first-order valence-electron chi connectivity index (χ1n) is 19.4. The van der Waals surface area contributed by atoms with Crippen LogP contribution >= 0.6 is 0 Å². The number of carbonyl (C=O) groups is 1. The highest BCUT2D eigenvalue weighted by atomic mass is 16.5. The van der Waals surface area contributed by atoms with E-state index in [4.69, 9.17) is 4.74 Å². The molecule has 1 aliphatic heterocycles. The maximum Gasteiger partial charge on any atom is 0.145 e. The lowest BCUT2D eigenvalue weighted by Crippen LogP contribution is -2.61. The molecule has 1 heterocycles. The molecular formula is C44H66N2O5.